The Bertz CT molecular complexity index is 2040. The van der Waals surface area contributed by atoms with E-state index in [1.807, 2.05) is 32.9 Å². The van der Waals surface area contributed by atoms with Crippen molar-refractivity contribution in [1.29, 1.82) is 0 Å². The van der Waals surface area contributed by atoms with E-state index in [0.29, 0.717) is 74.2 Å². The maximum Gasteiger partial charge on any atom is 0.408 e. The molecule has 5 amide bonds. The summed E-state index contributed by atoms with van der Waals surface area (Å²) in [5.74, 6) is -2.47. The summed E-state index contributed by atoms with van der Waals surface area (Å²) < 4.78 is 24.8. The van der Waals surface area contributed by atoms with Crippen molar-refractivity contribution in [3.8, 4) is 5.75 Å². The summed E-state index contributed by atoms with van der Waals surface area (Å²) in [6, 6.07) is 16.7. The van der Waals surface area contributed by atoms with Crippen LogP contribution in [0.4, 0.5) is 14.9 Å². The van der Waals surface area contributed by atoms with Crippen LogP contribution in [0.15, 0.2) is 66.7 Å². The fourth-order valence-corrected chi connectivity index (χ4v) is 6.33. The third-order valence-electron chi connectivity index (χ3n) is 10.2. The number of rotatable bonds is 21. The molecular formula is C48H66FN5O9. The lowest BCUT2D eigenvalue weighted by atomic mass is 9.83. The van der Waals surface area contributed by atoms with Gasteiger partial charge in [0.25, 0.3) is 5.91 Å². The Morgan fingerprint density at radius 1 is 0.762 bits per heavy atom. The summed E-state index contributed by atoms with van der Waals surface area (Å²) in [5.41, 5.74) is 0.765. The Kier molecular flexibility index (Phi) is 18.7. The van der Waals surface area contributed by atoms with Crippen LogP contribution < -0.4 is 20.7 Å². The number of benzene rings is 3. The molecule has 0 saturated heterocycles. The number of anilines is 1. The maximum absolute atomic E-state index is 13.7. The Hall–Kier alpha value is -5.99. The number of halogens is 1. The number of nitrogens with zero attached hydrogens (tertiary/aromatic N) is 2. The van der Waals surface area contributed by atoms with Gasteiger partial charge in [0.15, 0.2) is 0 Å². The van der Waals surface area contributed by atoms with Gasteiger partial charge in [0.2, 0.25) is 17.7 Å². The highest BCUT2D eigenvalue weighted by Crippen LogP contribution is 2.29. The molecule has 3 rings (SSSR count). The molecule has 4 N–H and O–H groups in total. The topological polar surface area (TPSA) is 184 Å². The summed E-state index contributed by atoms with van der Waals surface area (Å²) in [7, 11) is 3.49. The van der Waals surface area contributed by atoms with Gasteiger partial charge in [-0.3, -0.25) is 19.2 Å². The summed E-state index contributed by atoms with van der Waals surface area (Å²) in [6.45, 7) is 16.5. The zero-order valence-electron chi connectivity index (χ0n) is 38.5. The molecule has 344 valence electrons. The van der Waals surface area contributed by atoms with Gasteiger partial charge in [0, 0.05) is 51.3 Å². The number of carbonyl (C=O) groups excluding carboxylic acids is 5. The van der Waals surface area contributed by atoms with Gasteiger partial charge in [0.1, 0.15) is 29.8 Å². The van der Waals surface area contributed by atoms with Crippen LogP contribution in [0.25, 0.3) is 0 Å². The van der Waals surface area contributed by atoms with Crippen LogP contribution in [0.2, 0.25) is 0 Å². The number of amides is 5. The van der Waals surface area contributed by atoms with Gasteiger partial charge in [-0.25, -0.2) is 14.0 Å². The molecule has 63 heavy (non-hydrogen) atoms. The van der Waals surface area contributed by atoms with Crippen molar-refractivity contribution in [2.75, 3.05) is 39.1 Å². The molecule has 0 unspecified atom stereocenters. The lowest BCUT2D eigenvalue weighted by molar-refractivity contribution is -0.131. The Morgan fingerprint density at radius 3 is 1.89 bits per heavy atom. The highest BCUT2D eigenvalue weighted by molar-refractivity contribution is 5.96. The van der Waals surface area contributed by atoms with Crippen molar-refractivity contribution in [3.63, 3.8) is 0 Å². The number of carboxylic acid groups (broad SMARTS) is 1. The minimum absolute atomic E-state index is 0.0182. The number of aromatic carboxylic acids is 1. The molecule has 0 aliphatic carbocycles. The lowest BCUT2D eigenvalue weighted by Crippen LogP contribution is -2.47. The minimum Gasteiger partial charge on any atom is -0.492 e. The van der Waals surface area contributed by atoms with Crippen LogP contribution in [0, 0.1) is 16.6 Å². The maximum atomic E-state index is 13.7. The number of carboxylic acids is 1. The summed E-state index contributed by atoms with van der Waals surface area (Å²) in [5, 5.41) is 17.4. The van der Waals surface area contributed by atoms with Crippen LogP contribution in [0.3, 0.4) is 0 Å². The number of likely N-dealkylation sites (N-methyl/N-ethyl adjacent to an activating group) is 2. The molecule has 0 bridgehead atoms. The highest BCUT2D eigenvalue weighted by atomic mass is 19.1. The van der Waals surface area contributed by atoms with Crippen molar-refractivity contribution in [2.24, 2.45) is 10.8 Å². The predicted molar refractivity (Wildman–Crippen MR) is 240 cm³/mol. The van der Waals surface area contributed by atoms with Gasteiger partial charge in [-0.05, 0) is 117 Å². The van der Waals surface area contributed by atoms with Gasteiger partial charge >= 0.3 is 12.1 Å². The number of alkyl carbamates (subject to hydrolysis) is 1. The molecule has 0 fully saturated rings. The number of hydrogen-bond acceptors (Lipinski definition) is 8. The van der Waals surface area contributed by atoms with Gasteiger partial charge < -0.3 is 40.3 Å². The molecule has 0 aliphatic rings. The van der Waals surface area contributed by atoms with E-state index >= 15 is 0 Å². The first kappa shape index (κ1) is 51.4. The Labute approximate surface area is 371 Å². The van der Waals surface area contributed by atoms with E-state index in [1.54, 1.807) is 81.1 Å². The van der Waals surface area contributed by atoms with Crippen molar-refractivity contribution in [3.05, 3.63) is 94.8 Å². The van der Waals surface area contributed by atoms with Gasteiger partial charge in [0.05, 0.1) is 12.1 Å². The Morgan fingerprint density at radius 2 is 1.33 bits per heavy atom. The molecule has 0 radical (unpaired) electrons. The first-order chi connectivity index (χ1) is 29.3. The van der Waals surface area contributed by atoms with Gasteiger partial charge in [-0.15, -0.1) is 0 Å². The second-order valence-electron chi connectivity index (χ2n) is 18.9. The smallest absolute Gasteiger partial charge is 0.408 e. The third-order valence-corrected chi connectivity index (χ3v) is 10.2. The van der Waals surface area contributed by atoms with Crippen LogP contribution in [0.5, 0.6) is 5.75 Å². The first-order valence-corrected chi connectivity index (χ1v) is 21.2. The standard InChI is InChI=1S/C48H66FN5O9/c1-46(2,3)30-39(52-45(61)63-47(4,5)6)43(58)51-35-16-11-32(12-17-35)23-26-53(9)40(55)21-24-48(7,8)25-22-41(56)54(10)27-28-62-36-18-14-34(15-19-36)42(57)50-31-33-13-20-38(49)37(29-33)44(59)60/h11-20,29,39H,21-28,30-31H2,1-10H3,(H,50,57)(H,51,58)(H,52,61)(H,59,60)/t39-/m0/s1. The predicted octanol–water partition coefficient (Wildman–Crippen LogP) is 7.85. The molecule has 0 aromatic heterocycles. The van der Waals surface area contributed by atoms with E-state index < -0.39 is 41.0 Å². The molecule has 14 nitrogen and oxygen atoms in total. The molecule has 15 heteroatoms. The second-order valence-corrected chi connectivity index (χ2v) is 18.9. The zero-order valence-corrected chi connectivity index (χ0v) is 38.5. The van der Waals surface area contributed by atoms with E-state index in [2.05, 4.69) is 29.8 Å². The average Bonchev–Trinajstić information content (AvgIpc) is 3.19. The average molecular weight is 876 g/mol. The second kappa shape index (κ2) is 22.9. The normalized spacial score (nSPS) is 12.1. The van der Waals surface area contributed by atoms with Crippen LogP contribution in [-0.4, -0.2) is 96.0 Å². The largest absolute Gasteiger partial charge is 0.492 e. The van der Waals surface area contributed by atoms with Crippen molar-refractivity contribution in [2.45, 2.75) is 112 Å². The molecule has 0 saturated carbocycles. The summed E-state index contributed by atoms with van der Waals surface area (Å²) >= 11 is 0. The van der Waals surface area contributed by atoms with Gasteiger partial charge in [-0.1, -0.05) is 52.8 Å². The fraction of sp³-hybridized carbons (Fsp3) is 0.500. The Balaban J connectivity index is 1.35. The van der Waals surface area contributed by atoms with Crippen LogP contribution >= 0.6 is 0 Å². The molecular weight excluding hydrogens is 810 g/mol. The lowest BCUT2D eigenvalue weighted by Gasteiger charge is -2.27. The monoisotopic (exact) mass is 875 g/mol. The quantitative estimate of drug-likeness (QED) is 0.0828. The molecule has 3 aromatic carbocycles. The SMILES string of the molecule is CN(CCOc1ccc(C(=O)NCc2ccc(F)c(C(=O)O)c2)cc1)C(=O)CCC(C)(C)CCC(=O)N(C)CCc1ccc(NC(=O)[C@H](CC(C)(C)C)NC(=O)OC(C)(C)C)cc1. The van der Waals surface area contributed by atoms with E-state index in [4.69, 9.17) is 14.6 Å². The fourth-order valence-electron chi connectivity index (χ4n) is 6.33. The number of hydrogen-bond donors (Lipinski definition) is 4. The molecule has 0 heterocycles. The molecule has 1 atom stereocenters. The van der Waals surface area contributed by atoms with Crippen molar-refractivity contribution >= 4 is 41.4 Å². The molecule has 0 spiro atoms. The summed E-state index contributed by atoms with van der Waals surface area (Å²) in [4.78, 5) is 78.7. The number of nitrogens with one attached hydrogen (secondary N) is 3. The third kappa shape index (κ3) is 18.9. The molecule has 0 aliphatic heterocycles. The van der Waals surface area contributed by atoms with Crippen LogP contribution in [0.1, 0.15) is 119 Å². The first-order valence-electron chi connectivity index (χ1n) is 21.2. The van der Waals surface area contributed by atoms with E-state index in [9.17, 15) is 33.2 Å². The van der Waals surface area contributed by atoms with Crippen molar-refractivity contribution in [1.82, 2.24) is 20.4 Å². The summed E-state index contributed by atoms with van der Waals surface area (Å²) in [6.07, 6.45) is 2.28. The van der Waals surface area contributed by atoms with E-state index in [-0.39, 0.29) is 41.7 Å². The molecule has 3 aromatic rings. The van der Waals surface area contributed by atoms with Crippen molar-refractivity contribution < 1.29 is 47.7 Å². The zero-order chi connectivity index (χ0) is 47.1. The number of ether oxygens (including phenoxy) is 2. The van der Waals surface area contributed by atoms with Gasteiger partial charge in [-0.2, -0.15) is 0 Å². The minimum atomic E-state index is -1.39. The van der Waals surface area contributed by atoms with E-state index in [0.717, 1.165) is 11.6 Å². The number of carbonyl (C=O) groups is 6. The highest BCUT2D eigenvalue weighted by Gasteiger charge is 2.29. The van der Waals surface area contributed by atoms with E-state index in [1.165, 1.54) is 12.1 Å². The van der Waals surface area contributed by atoms with Crippen LogP contribution in [-0.2, 0) is 32.1 Å².